The largest absolute Gasteiger partial charge is 0.417 e. The van der Waals surface area contributed by atoms with E-state index in [0.29, 0.717) is 13.1 Å². The zero-order valence-corrected chi connectivity index (χ0v) is 14.0. The highest BCUT2D eigenvalue weighted by Gasteiger charge is 2.33. The molecule has 1 amide bonds. The summed E-state index contributed by atoms with van der Waals surface area (Å²) >= 11 is 6.13. The molecule has 1 aromatic rings. The molecule has 1 rings (SSSR count). The standard InChI is InChI=1S/C13H14Br2F3NO/c1-2-19(7-3-6-14)12(20)9-4-5-11(15)10(8-9)13(16,17)18/h4-5,8H,2-3,6-7H2,1H3. The third kappa shape index (κ3) is 4.48. The average Bonchev–Trinajstić information content (AvgIpc) is 2.38. The highest BCUT2D eigenvalue weighted by atomic mass is 79.9. The van der Waals surface area contributed by atoms with Gasteiger partial charge in [-0.2, -0.15) is 13.2 Å². The third-order valence-corrected chi connectivity index (χ3v) is 4.00. The normalized spacial score (nSPS) is 11.5. The van der Waals surface area contributed by atoms with Crippen LogP contribution in [-0.2, 0) is 6.18 Å². The van der Waals surface area contributed by atoms with Gasteiger partial charge in [-0.05, 0) is 31.5 Å². The number of alkyl halides is 4. The number of hydrogen-bond donors (Lipinski definition) is 0. The fraction of sp³-hybridized carbons (Fsp3) is 0.462. The Morgan fingerprint density at radius 3 is 2.50 bits per heavy atom. The first kappa shape index (κ1) is 17.5. The monoisotopic (exact) mass is 415 g/mol. The predicted molar refractivity (Wildman–Crippen MR) is 79.1 cm³/mol. The van der Waals surface area contributed by atoms with E-state index >= 15 is 0 Å². The minimum Gasteiger partial charge on any atom is -0.339 e. The van der Waals surface area contributed by atoms with Gasteiger partial charge >= 0.3 is 6.18 Å². The van der Waals surface area contributed by atoms with E-state index in [1.54, 1.807) is 6.92 Å². The predicted octanol–water partition coefficient (Wildman–Crippen LogP) is 4.72. The van der Waals surface area contributed by atoms with E-state index in [1.165, 1.54) is 17.0 Å². The van der Waals surface area contributed by atoms with Crippen molar-refractivity contribution in [2.75, 3.05) is 18.4 Å². The molecule has 0 fully saturated rings. The van der Waals surface area contributed by atoms with E-state index in [1.807, 2.05) is 0 Å². The van der Waals surface area contributed by atoms with Gasteiger partial charge in [0.15, 0.2) is 0 Å². The lowest BCUT2D eigenvalue weighted by molar-refractivity contribution is -0.138. The van der Waals surface area contributed by atoms with Crippen LogP contribution >= 0.6 is 31.9 Å². The van der Waals surface area contributed by atoms with Crippen LogP contribution in [0.3, 0.4) is 0 Å². The van der Waals surface area contributed by atoms with E-state index in [4.69, 9.17) is 0 Å². The maximum atomic E-state index is 12.8. The summed E-state index contributed by atoms with van der Waals surface area (Å²) in [5.41, 5.74) is -0.781. The van der Waals surface area contributed by atoms with Crippen LogP contribution in [0.4, 0.5) is 13.2 Å². The molecule has 0 N–H and O–H groups in total. The summed E-state index contributed by atoms with van der Waals surface area (Å²) in [6.07, 6.45) is -3.73. The van der Waals surface area contributed by atoms with Crippen LogP contribution in [0.5, 0.6) is 0 Å². The van der Waals surface area contributed by atoms with Gasteiger partial charge in [0.1, 0.15) is 0 Å². The molecule has 0 heterocycles. The number of amides is 1. The second-order valence-electron chi connectivity index (χ2n) is 4.12. The molecule has 0 bridgehead atoms. The number of halogens is 5. The Labute approximate surface area is 132 Å². The first-order valence-corrected chi connectivity index (χ1v) is 7.94. The van der Waals surface area contributed by atoms with Gasteiger partial charge < -0.3 is 4.90 Å². The lowest BCUT2D eigenvalue weighted by Crippen LogP contribution is -2.32. The first-order chi connectivity index (χ1) is 9.31. The summed E-state index contributed by atoms with van der Waals surface area (Å²) in [4.78, 5) is 13.7. The zero-order chi connectivity index (χ0) is 15.3. The van der Waals surface area contributed by atoms with E-state index in [2.05, 4.69) is 31.9 Å². The maximum Gasteiger partial charge on any atom is 0.417 e. The van der Waals surface area contributed by atoms with Crippen LogP contribution in [0, 0.1) is 0 Å². The molecule has 2 nitrogen and oxygen atoms in total. The number of rotatable bonds is 5. The molecule has 112 valence electrons. The lowest BCUT2D eigenvalue weighted by atomic mass is 10.1. The molecule has 0 spiro atoms. The van der Waals surface area contributed by atoms with Gasteiger partial charge in [0, 0.05) is 28.5 Å². The average molecular weight is 417 g/mol. The van der Waals surface area contributed by atoms with Gasteiger partial charge in [0.25, 0.3) is 5.91 Å². The summed E-state index contributed by atoms with van der Waals surface area (Å²) in [6.45, 7) is 2.77. The molecule has 0 saturated carbocycles. The van der Waals surface area contributed by atoms with Crippen molar-refractivity contribution in [3.8, 4) is 0 Å². The second-order valence-corrected chi connectivity index (χ2v) is 5.77. The molecule has 0 aromatic heterocycles. The molecule has 20 heavy (non-hydrogen) atoms. The van der Waals surface area contributed by atoms with E-state index < -0.39 is 11.7 Å². The molecule has 0 atom stereocenters. The van der Waals surface area contributed by atoms with Crippen molar-refractivity contribution in [3.05, 3.63) is 33.8 Å². The Kier molecular flexibility index (Phi) is 6.51. The summed E-state index contributed by atoms with van der Waals surface area (Å²) in [6, 6.07) is 3.55. The van der Waals surface area contributed by atoms with Gasteiger partial charge in [0.2, 0.25) is 0 Å². The minimum atomic E-state index is -4.48. The fourth-order valence-corrected chi connectivity index (χ4v) is 2.43. The zero-order valence-electron chi connectivity index (χ0n) is 10.8. The van der Waals surface area contributed by atoms with Crippen molar-refractivity contribution in [3.63, 3.8) is 0 Å². The van der Waals surface area contributed by atoms with Crippen molar-refractivity contribution in [1.82, 2.24) is 4.90 Å². The topological polar surface area (TPSA) is 20.3 Å². The molecule has 0 saturated heterocycles. The van der Waals surface area contributed by atoms with Crippen LogP contribution in [0.1, 0.15) is 29.3 Å². The van der Waals surface area contributed by atoms with Crippen molar-refractivity contribution in [1.29, 1.82) is 0 Å². The van der Waals surface area contributed by atoms with Gasteiger partial charge in [0.05, 0.1) is 5.56 Å². The maximum absolute atomic E-state index is 12.8. The number of carbonyl (C=O) groups is 1. The van der Waals surface area contributed by atoms with E-state index in [9.17, 15) is 18.0 Å². The smallest absolute Gasteiger partial charge is 0.339 e. The molecule has 0 aliphatic rings. The van der Waals surface area contributed by atoms with Crippen LogP contribution < -0.4 is 0 Å². The Bertz CT molecular complexity index is 477. The van der Waals surface area contributed by atoms with Crippen LogP contribution in [0.25, 0.3) is 0 Å². The highest BCUT2D eigenvalue weighted by Crippen LogP contribution is 2.35. The number of carbonyl (C=O) groups excluding carboxylic acids is 1. The Morgan fingerprint density at radius 1 is 1.35 bits per heavy atom. The quantitative estimate of drug-likeness (QED) is 0.636. The first-order valence-electron chi connectivity index (χ1n) is 6.03. The number of nitrogens with zero attached hydrogens (tertiary/aromatic N) is 1. The number of benzene rings is 1. The minimum absolute atomic E-state index is 0.0527. The molecule has 0 radical (unpaired) electrons. The van der Waals surface area contributed by atoms with Crippen LogP contribution in [-0.4, -0.2) is 29.2 Å². The molecular weight excluding hydrogens is 403 g/mol. The van der Waals surface area contributed by atoms with Crippen molar-refractivity contribution >= 4 is 37.8 Å². The third-order valence-electron chi connectivity index (χ3n) is 2.75. The Balaban J connectivity index is 3.04. The van der Waals surface area contributed by atoms with Crippen molar-refractivity contribution < 1.29 is 18.0 Å². The summed E-state index contributed by atoms with van der Waals surface area (Å²) in [5.74, 6) is -0.383. The molecule has 0 aliphatic carbocycles. The highest BCUT2D eigenvalue weighted by molar-refractivity contribution is 9.10. The molecular formula is C13H14Br2F3NO. The SMILES string of the molecule is CCN(CCCBr)C(=O)c1ccc(Br)c(C(F)(F)F)c1. The summed E-state index contributed by atoms with van der Waals surface area (Å²) < 4.78 is 38.4. The lowest BCUT2D eigenvalue weighted by Gasteiger charge is -2.21. The van der Waals surface area contributed by atoms with E-state index in [0.717, 1.165) is 17.8 Å². The van der Waals surface area contributed by atoms with Crippen LogP contribution in [0.15, 0.2) is 22.7 Å². The fourth-order valence-electron chi connectivity index (χ4n) is 1.71. The summed E-state index contributed by atoms with van der Waals surface area (Å²) in [7, 11) is 0. The number of hydrogen-bond acceptors (Lipinski definition) is 1. The Morgan fingerprint density at radius 2 is 2.00 bits per heavy atom. The van der Waals surface area contributed by atoms with E-state index in [-0.39, 0.29) is 15.9 Å². The van der Waals surface area contributed by atoms with Gasteiger partial charge in [-0.15, -0.1) is 0 Å². The second kappa shape index (κ2) is 7.45. The molecule has 1 aromatic carbocycles. The van der Waals surface area contributed by atoms with Gasteiger partial charge in [-0.25, -0.2) is 0 Å². The molecule has 0 unspecified atom stereocenters. The summed E-state index contributed by atoms with van der Waals surface area (Å²) in [5, 5.41) is 0.741. The molecule has 0 aliphatic heterocycles. The van der Waals surface area contributed by atoms with Crippen LogP contribution in [0.2, 0.25) is 0 Å². The van der Waals surface area contributed by atoms with Gasteiger partial charge in [-0.3, -0.25) is 4.79 Å². The Hall–Kier alpha value is -0.560. The van der Waals surface area contributed by atoms with Crippen molar-refractivity contribution in [2.24, 2.45) is 0 Å². The molecule has 7 heteroatoms. The van der Waals surface area contributed by atoms with Gasteiger partial charge in [-0.1, -0.05) is 31.9 Å². The van der Waals surface area contributed by atoms with Crippen molar-refractivity contribution in [2.45, 2.75) is 19.5 Å².